The minimum absolute atomic E-state index is 0.148. The summed E-state index contributed by atoms with van der Waals surface area (Å²) in [5.74, 6) is 0.148. The molecule has 19 heavy (non-hydrogen) atoms. The van der Waals surface area contributed by atoms with Crippen LogP contribution in [0.1, 0.15) is 10.6 Å². The molecule has 4 nitrogen and oxygen atoms in total. The minimum atomic E-state index is -0.599. The van der Waals surface area contributed by atoms with Crippen molar-refractivity contribution in [3.05, 3.63) is 42.5 Å². The van der Waals surface area contributed by atoms with Crippen molar-refractivity contribution in [2.24, 2.45) is 0 Å². The number of aromatic nitrogens is 2. The van der Waals surface area contributed by atoms with Crippen molar-refractivity contribution in [1.29, 1.82) is 0 Å². The summed E-state index contributed by atoms with van der Waals surface area (Å²) < 4.78 is 7.30. The Morgan fingerprint density at radius 3 is 3.00 bits per heavy atom. The summed E-state index contributed by atoms with van der Waals surface area (Å²) >= 11 is 7.01. The van der Waals surface area contributed by atoms with Crippen LogP contribution in [0, 0.1) is 0 Å². The van der Waals surface area contributed by atoms with Crippen LogP contribution in [0.25, 0.3) is 16.7 Å². The van der Waals surface area contributed by atoms with Crippen molar-refractivity contribution in [3.63, 3.8) is 0 Å². The molecule has 0 N–H and O–H groups in total. The molecule has 3 rings (SSSR count). The van der Waals surface area contributed by atoms with E-state index in [0.29, 0.717) is 5.58 Å². The molecule has 6 heteroatoms. The Balaban J connectivity index is 2.20. The van der Waals surface area contributed by atoms with Crippen LogP contribution in [0.2, 0.25) is 0 Å². The number of carbonyl (C=O) groups is 1. The van der Waals surface area contributed by atoms with Crippen molar-refractivity contribution in [3.8, 4) is 5.69 Å². The third-order valence-corrected chi connectivity index (χ3v) is 3.59. The number of nitrogens with zero attached hydrogens (tertiary/aromatic N) is 2. The fourth-order valence-corrected chi connectivity index (χ4v) is 2.37. The first-order chi connectivity index (χ1) is 9.19. The molecule has 2 aromatic heterocycles. The number of thioether (sulfide) groups is 1. The Kier molecular flexibility index (Phi) is 3.08. The van der Waals surface area contributed by atoms with Gasteiger partial charge in [0.05, 0.1) is 5.69 Å². The summed E-state index contributed by atoms with van der Waals surface area (Å²) in [7, 11) is 0. The van der Waals surface area contributed by atoms with E-state index in [-0.39, 0.29) is 5.76 Å². The normalized spacial score (nSPS) is 11.1. The molecule has 2 heterocycles. The highest BCUT2D eigenvalue weighted by molar-refractivity contribution is 7.98. The number of carbonyl (C=O) groups excluding carboxylic acids is 1. The predicted octanol–water partition coefficient (Wildman–Crippen LogP) is 3.72. The van der Waals surface area contributed by atoms with Gasteiger partial charge in [-0.05, 0) is 36.1 Å². The monoisotopic (exact) mass is 292 g/mol. The number of imidazole rings is 1. The van der Waals surface area contributed by atoms with Gasteiger partial charge in [-0.2, -0.15) is 0 Å². The maximum atomic E-state index is 11.2. The molecule has 0 atom stereocenters. The van der Waals surface area contributed by atoms with Gasteiger partial charge in [0, 0.05) is 11.6 Å². The Labute approximate surface area is 118 Å². The molecule has 0 unspecified atom stereocenters. The van der Waals surface area contributed by atoms with Gasteiger partial charge in [-0.25, -0.2) is 4.98 Å². The van der Waals surface area contributed by atoms with Crippen LogP contribution in [-0.4, -0.2) is 21.0 Å². The number of hydrogen-bond donors (Lipinski definition) is 0. The summed E-state index contributed by atoms with van der Waals surface area (Å²) in [6.07, 6.45) is 5.62. The molecule has 1 aromatic carbocycles. The molecule has 0 radical (unpaired) electrons. The maximum Gasteiger partial charge on any atom is 0.287 e. The van der Waals surface area contributed by atoms with Crippen LogP contribution in [0.5, 0.6) is 0 Å². The average molecular weight is 293 g/mol. The molecule has 0 fully saturated rings. The minimum Gasteiger partial charge on any atom is -0.452 e. The van der Waals surface area contributed by atoms with Gasteiger partial charge in [0.2, 0.25) is 0 Å². The highest BCUT2D eigenvalue weighted by atomic mass is 35.5. The largest absolute Gasteiger partial charge is 0.452 e. The van der Waals surface area contributed by atoms with Gasteiger partial charge in [0.25, 0.3) is 5.24 Å². The highest BCUT2D eigenvalue weighted by Gasteiger charge is 2.13. The van der Waals surface area contributed by atoms with Crippen molar-refractivity contribution < 1.29 is 9.21 Å². The lowest BCUT2D eigenvalue weighted by atomic mass is 10.2. The van der Waals surface area contributed by atoms with E-state index in [0.717, 1.165) is 16.1 Å². The maximum absolute atomic E-state index is 11.2. The van der Waals surface area contributed by atoms with E-state index in [1.807, 2.05) is 29.2 Å². The van der Waals surface area contributed by atoms with Gasteiger partial charge in [-0.3, -0.25) is 4.79 Å². The molecule has 0 bridgehead atoms. The molecule has 0 aliphatic carbocycles. The zero-order valence-corrected chi connectivity index (χ0v) is 11.5. The molecular weight excluding hydrogens is 284 g/mol. The van der Waals surface area contributed by atoms with Crippen LogP contribution < -0.4 is 0 Å². The van der Waals surface area contributed by atoms with E-state index < -0.39 is 5.24 Å². The zero-order chi connectivity index (χ0) is 13.4. The van der Waals surface area contributed by atoms with Gasteiger partial charge in [-0.15, -0.1) is 11.8 Å². The van der Waals surface area contributed by atoms with E-state index >= 15 is 0 Å². The molecule has 0 saturated heterocycles. The smallest absolute Gasteiger partial charge is 0.287 e. The van der Waals surface area contributed by atoms with Gasteiger partial charge in [-0.1, -0.05) is 6.07 Å². The number of furan rings is 1. The van der Waals surface area contributed by atoms with Gasteiger partial charge in [0.15, 0.2) is 5.76 Å². The van der Waals surface area contributed by atoms with E-state index in [1.165, 1.54) is 0 Å². The Morgan fingerprint density at radius 1 is 1.47 bits per heavy atom. The van der Waals surface area contributed by atoms with Crippen LogP contribution in [0.15, 0.2) is 46.2 Å². The van der Waals surface area contributed by atoms with Gasteiger partial charge < -0.3 is 8.98 Å². The average Bonchev–Trinajstić information content (AvgIpc) is 3.04. The van der Waals surface area contributed by atoms with Crippen molar-refractivity contribution in [2.75, 3.05) is 6.26 Å². The molecule has 96 valence electrons. The molecule has 0 aliphatic heterocycles. The fraction of sp³-hybridized carbons (Fsp3) is 0.0769. The predicted molar refractivity (Wildman–Crippen MR) is 75.3 cm³/mol. The van der Waals surface area contributed by atoms with Crippen molar-refractivity contribution >= 4 is 39.6 Å². The summed E-state index contributed by atoms with van der Waals surface area (Å²) in [4.78, 5) is 15.4. The highest BCUT2D eigenvalue weighted by Crippen LogP contribution is 2.27. The molecule has 0 saturated carbocycles. The number of fused-ring (bicyclic) bond motifs is 1. The van der Waals surface area contributed by atoms with E-state index in [2.05, 4.69) is 4.98 Å². The number of hydrogen-bond acceptors (Lipinski definition) is 4. The molecular formula is C13H9ClN2O2S. The first-order valence-electron chi connectivity index (χ1n) is 5.50. The Morgan fingerprint density at radius 2 is 2.32 bits per heavy atom. The quantitative estimate of drug-likeness (QED) is 0.545. The second-order valence-corrected chi connectivity index (χ2v) is 5.07. The SMILES string of the molecule is CSc1cn(-c2cccc3oc(C(=O)Cl)cc23)cn1. The van der Waals surface area contributed by atoms with E-state index in [1.54, 1.807) is 30.2 Å². The third-order valence-electron chi connectivity index (χ3n) is 2.78. The van der Waals surface area contributed by atoms with Crippen LogP contribution in [0.4, 0.5) is 0 Å². The lowest BCUT2D eigenvalue weighted by molar-refractivity contribution is 0.105. The fourth-order valence-electron chi connectivity index (χ4n) is 1.91. The number of halogens is 1. The van der Waals surface area contributed by atoms with Crippen LogP contribution >= 0.6 is 23.4 Å². The molecule has 0 spiro atoms. The van der Waals surface area contributed by atoms with Gasteiger partial charge in [0.1, 0.15) is 16.9 Å². The number of benzene rings is 1. The third kappa shape index (κ3) is 2.15. The summed E-state index contributed by atoms with van der Waals surface area (Å²) in [6.45, 7) is 0. The van der Waals surface area contributed by atoms with Crippen molar-refractivity contribution in [2.45, 2.75) is 5.03 Å². The van der Waals surface area contributed by atoms with Gasteiger partial charge >= 0.3 is 0 Å². The zero-order valence-electron chi connectivity index (χ0n) is 9.96. The standard InChI is InChI=1S/C13H9ClN2O2S/c1-19-12-6-16(7-15-12)9-3-2-4-10-8(9)5-11(18-10)13(14)17/h2-7H,1H3. The lowest BCUT2D eigenvalue weighted by Crippen LogP contribution is -1.89. The van der Waals surface area contributed by atoms with Crippen LogP contribution in [-0.2, 0) is 0 Å². The first-order valence-corrected chi connectivity index (χ1v) is 7.10. The lowest BCUT2D eigenvalue weighted by Gasteiger charge is -2.02. The Bertz CT molecular complexity index is 763. The van der Waals surface area contributed by atoms with E-state index in [4.69, 9.17) is 16.0 Å². The summed E-state index contributed by atoms with van der Waals surface area (Å²) in [5, 5.41) is 1.16. The second kappa shape index (κ2) is 4.75. The topological polar surface area (TPSA) is 48.0 Å². The number of rotatable bonds is 3. The first kappa shape index (κ1) is 12.3. The second-order valence-electron chi connectivity index (χ2n) is 3.90. The van der Waals surface area contributed by atoms with Crippen LogP contribution in [0.3, 0.4) is 0 Å². The summed E-state index contributed by atoms with van der Waals surface area (Å²) in [5.41, 5.74) is 1.53. The Hall–Kier alpha value is -1.72. The summed E-state index contributed by atoms with van der Waals surface area (Å²) in [6, 6.07) is 7.25. The van der Waals surface area contributed by atoms with E-state index in [9.17, 15) is 4.79 Å². The molecule has 3 aromatic rings. The molecule has 0 aliphatic rings. The van der Waals surface area contributed by atoms with Crippen molar-refractivity contribution in [1.82, 2.24) is 9.55 Å². The molecule has 0 amide bonds.